The Morgan fingerprint density at radius 2 is 1.85 bits per heavy atom. The summed E-state index contributed by atoms with van der Waals surface area (Å²) in [7, 11) is -3.94. The molecule has 144 valence electrons. The fraction of sp³-hybridized carbons (Fsp3) is 0.579. The van der Waals surface area contributed by atoms with Crippen molar-refractivity contribution in [2.75, 3.05) is 0 Å². The maximum absolute atomic E-state index is 13.5. The summed E-state index contributed by atoms with van der Waals surface area (Å²) in [6.07, 6.45) is 2.53. The van der Waals surface area contributed by atoms with Crippen LogP contribution >= 0.6 is 0 Å². The number of rotatable bonds is 7. The first-order valence-corrected chi connectivity index (χ1v) is 10.5. The predicted molar refractivity (Wildman–Crippen MR) is 98.8 cm³/mol. The van der Waals surface area contributed by atoms with Crippen LogP contribution in [0.3, 0.4) is 0 Å². The lowest BCUT2D eigenvalue weighted by atomic mass is 10.0. The first-order chi connectivity index (χ1) is 12.2. The molecule has 1 aliphatic carbocycles. The largest absolute Gasteiger partial charge is 0.480 e. The van der Waals surface area contributed by atoms with Gasteiger partial charge in [-0.25, -0.2) is 13.2 Å². The van der Waals surface area contributed by atoms with Crippen LogP contribution in [0.5, 0.6) is 0 Å². The number of nitrogens with one attached hydrogen (secondary N) is 1. The van der Waals surface area contributed by atoms with Crippen molar-refractivity contribution in [3.05, 3.63) is 29.3 Å². The highest BCUT2D eigenvalue weighted by Crippen LogP contribution is 2.42. The number of sulfone groups is 1. The summed E-state index contributed by atoms with van der Waals surface area (Å²) in [5.41, 5.74) is 1.40. The number of amides is 1. The molecule has 0 heterocycles. The number of aliphatic carboxylic acids is 1. The van der Waals surface area contributed by atoms with Crippen molar-refractivity contribution in [1.29, 1.82) is 0 Å². The molecule has 26 heavy (non-hydrogen) atoms. The lowest BCUT2D eigenvalue weighted by Crippen LogP contribution is -2.55. The van der Waals surface area contributed by atoms with Gasteiger partial charge in [0.15, 0.2) is 14.6 Å². The monoisotopic (exact) mass is 381 g/mol. The standard InChI is InChI=1S/C19H27NO5S/c1-4-7-15(17(21)22)20-18(23)19(10-5-6-11-19)26(24,25)16-12-13(2)8-9-14(16)3/h8-9,12,15H,4-7,10-11H2,1-3H3,(H,20,23)(H,21,22). The van der Waals surface area contributed by atoms with Gasteiger partial charge < -0.3 is 10.4 Å². The third kappa shape index (κ3) is 3.63. The molecule has 0 aromatic heterocycles. The molecule has 1 aromatic carbocycles. The van der Waals surface area contributed by atoms with Crippen LogP contribution in [0.1, 0.15) is 56.6 Å². The highest BCUT2D eigenvalue weighted by atomic mass is 32.2. The highest BCUT2D eigenvalue weighted by Gasteiger charge is 2.53. The zero-order valence-electron chi connectivity index (χ0n) is 15.5. The van der Waals surface area contributed by atoms with Gasteiger partial charge in [0.25, 0.3) is 0 Å². The van der Waals surface area contributed by atoms with Crippen molar-refractivity contribution in [2.45, 2.75) is 75.0 Å². The van der Waals surface area contributed by atoms with Crippen molar-refractivity contribution < 1.29 is 23.1 Å². The van der Waals surface area contributed by atoms with E-state index in [4.69, 9.17) is 0 Å². The minimum absolute atomic E-state index is 0.164. The molecule has 0 spiro atoms. The Kier molecular flexibility index (Phi) is 6.11. The summed E-state index contributed by atoms with van der Waals surface area (Å²) in [6.45, 7) is 5.34. The maximum atomic E-state index is 13.5. The summed E-state index contributed by atoms with van der Waals surface area (Å²) in [5, 5.41) is 11.8. The van der Waals surface area contributed by atoms with Gasteiger partial charge in [0, 0.05) is 0 Å². The van der Waals surface area contributed by atoms with E-state index in [0.717, 1.165) is 5.56 Å². The predicted octanol–water partition coefficient (Wildman–Crippen LogP) is 2.76. The van der Waals surface area contributed by atoms with E-state index in [1.807, 2.05) is 19.9 Å². The van der Waals surface area contributed by atoms with Gasteiger partial charge in [-0.2, -0.15) is 0 Å². The van der Waals surface area contributed by atoms with E-state index in [-0.39, 0.29) is 24.2 Å². The molecule has 1 saturated carbocycles. The molecular formula is C19H27NO5S. The topological polar surface area (TPSA) is 101 Å². The van der Waals surface area contributed by atoms with Gasteiger partial charge in [-0.15, -0.1) is 0 Å². The van der Waals surface area contributed by atoms with E-state index in [0.29, 0.717) is 24.8 Å². The minimum Gasteiger partial charge on any atom is -0.480 e. The molecular weight excluding hydrogens is 354 g/mol. The lowest BCUT2D eigenvalue weighted by Gasteiger charge is -2.30. The average Bonchev–Trinajstić information content (AvgIpc) is 3.08. The number of carbonyl (C=O) groups excluding carboxylic acids is 1. The van der Waals surface area contributed by atoms with E-state index < -0.39 is 32.5 Å². The Morgan fingerprint density at radius 3 is 2.38 bits per heavy atom. The Labute approximate surface area is 154 Å². The number of benzene rings is 1. The Hall–Kier alpha value is -1.89. The second-order valence-electron chi connectivity index (χ2n) is 7.13. The number of hydrogen-bond donors (Lipinski definition) is 2. The molecule has 0 aliphatic heterocycles. The zero-order valence-corrected chi connectivity index (χ0v) is 16.4. The van der Waals surface area contributed by atoms with Gasteiger partial charge in [0.05, 0.1) is 4.90 Å². The van der Waals surface area contributed by atoms with Crippen LogP contribution in [0.4, 0.5) is 0 Å². The van der Waals surface area contributed by atoms with E-state index >= 15 is 0 Å². The van der Waals surface area contributed by atoms with Gasteiger partial charge in [-0.1, -0.05) is 38.3 Å². The maximum Gasteiger partial charge on any atom is 0.326 e. The van der Waals surface area contributed by atoms with Gasteiger partial charge in [-0.3, -0.25) is 4.79 Å². The van der Waals surface area contributed by atoms with Gasteiger partial charge in [0.2, 0.25) is 5.91 Å². The molecule has 7 heteroatoms. The quantitative estimate of drug-likeness (QED) is 0.756. The smallest absolute Gasteiger partial charge is 0.326 e. The summed E-state index contributed by atoms with van der Waals surface area (Å²) < 4.78 is 25.4. The molecule has 0 radical (unpaired) electrons. The Morgan fingerprint density at radius 1 is 1.23 bits per heavy atom. The number of aryl methyl sites for hydroxylation is 2. The van der Waals surface area contributed by atoms with Crippen molar-refractivity contribution in [3.8, 4) is 0 Å². The normalized spacial score (nSPS) is 17.7. The van der Waals surface area contributed by atoms with Gasteiger partial charge in [-0.05, 0) is 50.3 Å². The van der Waals surface area contributed by atoms with Crippen molar-refractivity contribution in [2.24, 2.45) is 0 Å². The van der Waals surface area contributed by atoms with Crippen molar-refractivity contribution >= 4 is 21.7 Å². The van der Waals surface area contributed by atoms with Crippen molar-refractivity contribution in [3.63, 3.8) is 0 Å². The van der Waals surface area contributed by atoms with Crippen LogP contribution in [0.2, 0.25) is 0 Å². The molecule has 1 fully saturated rings. The van der Waals surface area contributed by atoms with E-state index in [1.54, 1.807) is 19.1 Å². The molecule has 1 amide bonds. The van der Waals surface area contributed by atoms with Crippen LogP contribution < -0.4 is 5.32 Å². The third-order valence-electron chi connectivity index (χ3n) is 5.15. The molecule has 1 aliphatic rings. The zero-order chi connectivity index (χ0) is 19.5. The number of carboxylic acid groups (broad SMARTS) is 1. The first kappa shape index (κ1) is 20.4. The van der Waals surface area contributed by atoms with Gasteiger partial charge >= 0.3 is 5.97 Å². The van der Waals surface area contributed by atoms with Crippen LogP contribution in [-0.4, -0.2) is 36.2 Å². The summed E-state index contributed by atoms with van der Waals surface area (Å²) in [4.78, 5) is 24.6. The van der Waals surface area contributed by atoms with E-state index in [9.17, 15) is 23.1 Å². The molecule has 0 saturated heterocycles. The summed E-state index contributed by atoms with van der Waals surface area (Å²) in [6, 6.07) is 4.09. The fourth-order valence-corrected chi connectivity index (χ4v) is 5.99. The molecule has 0 bridgehead atoms. The van der Waals surface area contributed by atoms with Gasteiger partial charge in [0.1, 0.15) is 6.04 Å². The minimum atomic E-state index is -3.94. The number of carboxylic acids is 1. The van der Waals surface area contributed by atoms with Crippen molar-refractivity contribution in [1.82, 2.24) is 5.32 Å². The SMILES string of the molecule is CCCC(NC(=O)C1(S(=O)(=O)c2cc(C)ccc2C)CCCC1)C(=O)O. The van der Waals surface area contributed by atoms with E-state index in [1.165, 1.54) is 0 Å². The molecule has 1 unspecified atom stereocenters. The molecule has 6 nitrogen and oxygen atoms in total. The van der Waals surface area contributed by atoms with Crippen LogP contribution in [0.25, 0.3) is 0 Å². The van der Waals surface area contributed by atoms with E-state index in [2.05, 4.69) is 5.32 Å². The van der Waals surface area contributed by atoms with Crippen LogP contribution in [0, 0.1) is 13.8 Å². The summed E-state index contributed by atoms with van der Waals surface area (Å²) in [5.74, 6) is -1.82. The molecule has 1 atom stereocenters. The Balaban J connectivity index is 2.47. The Bertz CT molecular complexity index is 794. The number of hydrogen-bond acceptors (Lipinski definition) is 4. The van der Waals surface area contributed by atoms with Crippen LogP contribution in [-0.2, 0) is 19.4 Å². The first-order valence-electron chi connectivity index (χ1n) is 9.01. The fourth-order valence-electron chi connectivity index (χ4n) is 3.61. The molecule has 2 N–H and O–H groups in total. The average molecular weight is 381 g/mol. The lowest BCUT2D eigenvalue weighted by molar-refractivity contribution is -0.142. The molecule has 2 rings (SSSR count). The second kappa shape index (κ2) is 7.78. The summed E-state index contributed by atoms with van der Waals surface area (Å²) >= 11 is 0. The third-order valence-corrected chi connectivity index (χ3v) is 7.79. The molecule has 1 aromatic rings. The second-order valence-corrected chi connectivity index (χ2v) is 9.35. The number of carbonyl (C=O) groups is 2. The van der Waals surface area contributed by atoms with Crippen LogP contribution in [0.15, 0.2) is 23.1 Å². The highest BCUT2D eigenvalue weighted by molar-refractivity contribution is 7.93.